The molecule has 0 radical (unpaired) electrons. The standard InChI is InChI=1S/C25H36FN3O2S2/c1-2-23(30)25-21(18-4-6-19(26)7-5-18)16-20-8-9-22(25)29(20)12-3-11-28(13-15-33)17-24(31)27-10-14-32/h4-7,20,22,32-33H,2-3,8-17H2,1H3,(H,27,31). The fourth-order valence-electron chi connectivity index (χ4n) is 5.16. The third kappa shape index (κ3) is 6.84. The Hall–Kier alpha value is -1.35. The predicted octanol–water partition coefficient (Wildman–Crippen LogP) is 3.46. The Bertz CT molecular complexity index is 847. The van der Waals surface area contributed by atoms with Gasteiger partial charge < -0.3 is 5.32 Å². The minimum atomic E-state index is -0.256. The molecule has 0 spiro atoms. The van der Waals surface area contributed by atoms with Crippen molar-refractivity contribution in [2.24, 2.45) is 0 Å². The topological polar surface area (TPSA) is 52.7 Å². The number of nitrogens with one attached hydrogen (secondary N) is 1. The molecule has 2 unspecified atom stereocenters. The summed E-state index contributed by atoms with van der Waals surface area (Å²) in [7, 11) is 0. The summed E-state index contributed by atoms with van der Waals surface area (Å²) in [6.07, 6.45) is 4.30. The van der Waals surface area contributed by atoms with Crippen LogP contribution in [0.3, 0.4) is 0 Å². The number of fused-ring (bicyclic) bond motifs is 2. The Morgan fingerprint density at radius 1 is 1.15 bits per heavy atom. The van der Waals surface area contributed by atoms with Crippen molar-refractivity contribution in [2.45, 2.75) is 51.1 Å². The molecule has 1 aromatic rings. The average molecular weight is 494 g/mol. The van der Waals surface area contributed by atoms with E-state index in [4.69, 9.17) is 0 Å². The lowest BCUT2D eigenvalue weighted by Crippen LogP contribution is -2.45. The van der Waals surface area contributed by atoms with Crippen molar-refractivity contribution in [3.8, 4) is 0 Å². The van der Waals surface area contributed by atoms with Crippen LogP contribution in [0.25, 0.3) is 5.57 Å². The molecule has 182 valence electrons. The minimum absolute atomic E-state index is 0.0200. The second-order valence-corrected chi connectivity index (χ2v) is 9.69. The lowest BCUT2D eigenvalue weighted by Gasteiger charge is -2.38. The summed E-state index contributed by atoms with van der Waals surface area (Å²) < 4.78 is 13.5. The van der Waals surface area contributed by atoms with Gasteiger partial charge in [-0.15, -0.1) is 0 Å². The zero-order chi connectivity index (χ0) is 23.8. The smallest absolute Gasteiger partial charge is 0.234 e. The van der Waals surface area contributed by atoms with Gasteiger partial charge in [-0.25, -0.2) is 4.39 Å². The van der Waals surface area contributed by atoms with Crippen molar-refractivity contribution < 1.29 is 14.0 Å². The largest absolute Gasteiger partial charge is 0.354 e. The van der Waals surface area contributed by atoms with E-state index in [1.54, 1.807) is 12.1 Å². The molecule has 5 nitrogen and oxygen atoms in total. The molecule has 8 heteroatoms. The second-order valence-electron chi connectivity index (χ2n) is 8.79. The maximum Gasteiger partial charge on any atom is 0.234 e. The summed E-state index contributed by atoms with van der Waals surface area (Å²) in [5.74, 6) is 1.29. The van der Waals surface area contributed by atoms with E-state index in [2.05, 4.69) is 40.4 Å². The third-order valence-corrected chi connectivity index (χ3v) is 7.09. The molecule has 1 fully saturated rings. The van der Waals surface area contributed by atoms with Gasteiger partial charge in [0, 0.05) is 55.2 Å². The monoisotopic (exact) mass is 493 g/mol. The van der Waals surface area contributed by atoms with E-state index in [0.29, 0.717) is 37.1 Å². The van der Waals surface area contributed by atoms with Crippen LogP contribution in [-0.2, 0) is 9.59 Å². The van der Waals surface area contributed by atoms with E-state index in [9.17, 15) is 14.0 Å². The van der Waals surface area contributed by atoms with Gasteiger partial charge in [-0.3, -0.25) is 19.4 Å². The highest BCUT2D eigenvalue weighted by molar-refractivity contribution is 7.80. The van der Waals surface area contributed by atoms with Gasteiger partial charge in [0.2, 0.25) is 5.91 Å². The molecule has 3 rings (SSSR count). The SMILES string of the molecule is CCC(=O)C1=C(c2ccc(F)cc2)CC2CCC1N2CCCN(CCS)CC(=O)NCCS. The lowest BCUT2D eigenvalue weighted by atomic mass is 9.85. The number of ketones is 1. The number of nitrogens with zero attached hydrogens (tertiary/aromatic N) is 2. The van der Waals surface area contributed by atoms with Crippen LogP contribution in [0.2, 0.25) is 0 Å². The van der Waals surface area contributed by atoms with Crippen LogP contribution in [0.5, 0.6) is 0 Å². The van der Waals surface area contributed by atoms with Crippen LogP contribution in [-0.4, -0.2) is 77.8 Å². The molecule has 33 heavy (non-hydrogen) atoms. The van der Waals surface area contributed by atoms with Crippen molar-refractivity contribution in [3.05, 3.63) is 41.2 Å². The van der Waals surface area contributed by atoms with Gasteiger partial charge in [-0.2, -0.15) is 25.3 Å². The van der Waals surface area contributed by atoms with Gasteiger partial charge in [-0.1, -0.05) is 19.1 Å². The first-order chi connectivity index (χ1) is 16.0. The van der Waals surface area contributed by atoms with Gasteiger partial charge in [0.05, 0.1) is 6.54 Å². The highest BCUT2D eigenvalue weighted by Gasteiger charge is 2.42. The Labute approximate surface area is 208 Å². The zero-order valence-corrected chi connectivity index (χ0v) is 21.2. The van der Waals surface area contributed by atoms with Crippen LogP contribution in [0.4, 0.5) is 4.39 Å². The first kappa shape index (κ1) is 26.3. The van der Waals surface area contributed by atoms with Crippen molar-refractivity contribution in [1.29, 1.82) is 0 Å². The van der Waals surface area contributed by atoms with Crippen LogP contribution in [0.15, 0.2) is 29.8 Å². The molecule has 0 aromatic heterocycles. The third-order valence-electron chi connectivity index (χ3n) is 6.66. The first-order valence-corrected chi connectivity index (χ1v) is 13.2. The Morgan fingerprint density at radius 3 is 2.58 bits per heavy atom. The number of thiol groups is 2. The fraction of sp³-hybridized carbons (Fsp3) is 0.600. The summed E-state index contributed by atoms with van der Waals surface area (Å²) in [4.78, 5) is 29.8. The number of hydrogen-bond donors (Lipinski definition) is 3. The van der Waals surface area contributed by atoms with Crippen LogP contribution < -0.4 is 5.32 Å². The van der Waals surface area contributed by atoms with E-state index in [0.717, 1.165) is 62.0 Å². The number of benzene rings is 1. The fourth-order valence-corrected chi connectivity index (χ4v) is 5.56. The van der Waals surface area contributed by atoms with Crippen molar-refractivity contribution in [2.75, 3.05) is 44.2 Å². The number of carbonyl (C=O) groups excluding carboxylic acids is 2. The van der Waals surface area contributed by atoms with Crippen LogP contribution in [0, 0.1) is 5.82 Å². The number of hydrogen-bond acceptors (Lipinski definition) is 6. The summed E-state index contributed by atoms with van der Waals surface area (Å²) in [6, 6.07) is 7.10. The summed E-state index contributed by atoms with van der Waals surface area (Å²) >= 11 is 8.48. The van der Waals surface area contributed by atoms with Gasteiger partial charge >= 0.3 is 0 Å². The summed E-state index contributed by atoms with van der Waals surface area (Å²) in [5.41, 5.74) is 3.00. The van der Waals surface area contributed by atoms with Gasteiger partial charge in [0.25, 0.3) is 0 Å². The quantitative estimate of drug-likeness (QED) is 0.369. The lowest BCUT2D eigenvalue weighted by molar-refractivity contribution is -0.122. The van der Waals surface area contributed by atoms with Crippen molar-refractivity contribution in [1.82, 2.24) is 15.1 Å². The maximum absolute atomic E-state index is 13.5. The van der Waals surface area contributed by atoms with Crippen molar-refractivity contribution >= 4 is 42.5 Å². The molecule has 0 saturated carbocycles. The predicted molar refractivity (Wildman–Crippen MR) is 139 cm³/mol. The zero-order valence-electron chi connectivity index (χ0n) is 19.4. The molecule has 1 saturated heterocycles. The Balaban J connectivity index is 1.68. The Kier molecular flexibility index (Phi) is 10.3. The van der Waals surface area contributed by atoms with Gasteiger partial charge in [-0.05, 0) is 55.5 Å². The number of carbonyl (C=O) groups is 2. The number of rotatable bonds is 13. The molecule has 2 heterocycles. The number of amides is 1. The highest BCUT2D eigenvalue weighted by Crippen LogP contribution is 2.43. The normalized spacial score (nSPS) is 20.5. The highest BCUT2D eigenvalue weighted by atomic mass is 32.1. The van der Waals surface area contributed by atoms with Crippen LogP contribution >= 0.6 is 25.3 Å². The molecule has 1 amide bonds. The molecular formula is C25H36FN3O2S2. The molecule has 2 bridgehead atoms. The summed E-state index contributed by atoms with van der Waals surface area (Å²) in [6.45, 7) is 5.33. The molecule has 2 aliphatic rings. The minimum Gasteiger partial charge on any atom is -0.354 e. The number of Topliss-reactive ketones (excluding diaryl/α,β-unsaturated/α-hetero) is 1. The van der Waals surface area contributed by atoms with E-state index in [1.807, 2.05) is 6.92 Å². The van der Waals surface area contributed by atoms with E-state index in [-0.39, 0.29) is 23.5 Å². The Morgan fingerprint density at radius 2 is 1.91 bits per heavy atom. The molecule has 0 aliphatic carbocycles. The van der Waals surface area contributed by atoms with Gasteiger partial charge in [0.15, 0.2) is 5.78 Å². The van der Waals surface area contributed by atoms with Crippen LogP contribution in [0.1, 0.15) is 44.6 Å². The van der Waals surface area contributed by atoms with E-state index in [1.165, 1.54) is 12.1 Å². The number of halogens is 1. The second kappa shape index (κ2) is 12.9. The first-order valence-electron chi connectivity index (χ1n) is 12.0. The average Bonchev–Trinajstić information content (AvgIpc) is 3.08. The molecule has 2 aliphatic heterocycles. The van der Waals surface area contributed by atoms with E-state index >= 15 is 0 Å². The van der Waals surface area contributed by atoms with E-state index < -0.39 is 0 Å². The van der Waals surface area contributed by atoms with Gasteiger partial charge in [0.1, 0.15) is 5.82 Å². The van der Waals surface area contributed by atoms with Crippen molar-refractivity contribution in [3.63, 3.8) is 0 Å². The maximum atomic E-state index is 13.5. The molecule has 2 atom stereocenters. The summed E-state index contributed by atoms with van der Waals surface area (Å²) in [5, 5.41) is 2.87. The molecular weight excluding hydrogens is 457 g/mol. The molecule has 1 N–H and O–H groups in total. The molecule has 1 aromatic carbocycles.